The number of anilines is 1. The zero-order chi connectivity index (χ0) is 19.1. The highest BCUT2D eigenvalue weighted by atomic mass is 16.6. The van der Waals surface area contributed by atoms with E-state index in [4.69, 9.17) is 9.47 Å². The molecule has 0 spiro atoms. The number of rotatable bonds is 10. The molecule has 0 aliphatic heterocycles. The normalized spacial score (nSPS) is 14.4. The van der Waals surface area contributed by atoms with Gasteiger partial charge in [0, 0.05) is 25.8 Å². The summed E-state index contributed by atoms with van der Waals surface area (Å²) in [6.07, 6.45) is 2.19. The molecule has 9 heteroatoms. The number of methoxy groups -OCH3 is 1. The van der Waals surface area contributed by atoms with Crippen LogP contribution in [0.2, 0.25) is 0 Å². The fourth-order valence-electron chi connectivity index (χ4n) is 2.47. The van der Waals surface area contributed by atoms with Gasteiger partial charge >= 0.3 is 5.97 Å². The number of benzene rings is 1. The standard InChI is InChI=1S/C17H23N3O6/c1-11(12-3-4-12)19-16(21)10-26-17(22)13-5-6-14(18-7-8-25-2)15(9-13)20(23)24/h5-6,9,11-12,18H,3-4,7-8,10H2,1-2H3,(H,19,21)/t11-/m1/s1. The second-order valence-corrected chi connectivity index (χ2v) is 6.18. The summed E-state index contributed by atoms with van der Waals surface area (Å²) in [7, 11) is 1.52. The van der Waals surface area contributed by atoms with Gasteiger partial charge in [0.1, 0.15) is 5.69 Å². The number of hydrogen-bond donors (Lipinski definition) is 2. The maximum atomic E-state index is 12.1. The number of carbonyl (C=O) groups is 2. The summed E-state index contributed by atoms with van der Waals surface area (Å²) < 4.78 is 9.83. The fraction of sp³-hybridized carbons (Fsp3) is 0.529. The molecule has 142 valence electrons. The highest BCUT2D eigenvalue weighted by Gasteiger charge is 2.29. The zero-order valence-electron chi connectivity index (χ0n) is 14.8. The van der Waals surface area contributed by atoms with Gasteiger partial charge in [-0.3, -0.25) is 14.9 Å². The van der Waals surface area contributed by atoms with Gasteiger partial charge in [-0.05, 0) is 37.8 Å². The summed E-state index contributed by atoms with van der Waals surface area (Å²) >= 11 is 0. The molecule has 2 N–H and O–H groups in total. The van der Waals surface area contributed by atoms with Crippen LogP contribution in [0.1, 0.15) is 30.1 Å². The van der Waals surface area contributed by atoms with Crippen LogP contribution in [0.4, 0.5) is 11.4 Å². The Kier molecular flexibility index (Phi) is 6.90. The van der Waals surface area contributed by atoms with Crippen molar-refractivity contribution < 1.29 is 24.0 Å². The van der Waals surface area contributed by atoms with E-state index < -0.39 is 17.5 Å². The average Bonchev–Trinajstić information content (AvgIpc) is 3.45. The molecular weight excluding hydrogens is 342 g/mol. The Morgan fingerprint density at radius 1 is 1.38 bits per heavy atom. The van der Waals surface area contributed by atoms with E-state index in [1.807, 2.05) is 6.92 Å². The molecule has 0 unspecified atom stereocenters. The van der Waals surface area contributed by atoms with Crippen molar-refractivity contribution in [3.8, 4) is 0 Å². The third-order valence-corrected chi connectivity index (χ3v) is 4.10. The van der Waals surface area contributed by atoms with E-state index in [2.05, 4.69) is 10.6 Å². The maximum Gasteiger partial charge on any atom is 0.338 e. The quantitative estimate of drug-likeness (QED) is 0.280. The summed E-state index contributed by atoms with van der Waals surface area (Å²) in [5.41, 5.74) is 0.0407. The molecule has 0 heterocycles. The molecule has 0 bridgehead atoms. The number of carbonyl (C=O) groups excluding carboxylic acids is 2. The van der Waals surface area contributed by atoms with Crippen LogP contribution in [0, 0.1) is 16.0 Å². The molecule has 1 fully saturated rings. The number of ether oxygens (including phenoxy) is 2. The van der Waals surface area contributed by atoms with Gasteiger partial charge in [0.25, 0.3) is 11.6 Å². The number of amides is 1. The Morgan fingerprint density at radius 3 is 2.73 bits per heavy atom. The van der Waals surface area contributed by atoms with Crippen LogP contribution in [-0.4, -0.2) is 49.7 Å². The number of nitro benzene ring substituents is 1. The van der Waals surface area contributed by atoms with Crippen molar-refractivity contribution >= 4 is 23.3 Å². The van der Waals surface area contributed by atoms with Crippen LogP contribution in [0.25, 0.3) is 0 Å². The van der Waals surface area contributed by atoms with E-state index >= 15 is 0 Å². The van der Waals surface area contributed by atoms with Gasteiger partial charge in [0.2, 0.25) is 0 Å². The molecule has 1 aromatic carbocycles. The minimum Gasteiger partial charge on any atom is -0.452 e. The first kappa shape index (κ1) is 19.6. The third-order valence-electron chi connectivity index (χ3n) is 4.10. The summed E-state index contributed by atoms with van der Waals surface area (Å²) in [6.45, 7) is 2.27. The summed E-state index contributed by atoms with van der Waals surface area (Å²) in [4.78, 5) is 34.5. The van der Waals surface area contributed by atoms with E-state index in [1.165, 1.54) is 19.2 Å². The molecule has 2 rings (SSSR count). The van der Waals surface area contributed by atoms with Crippen LogP contribution in [0.5, 0.6) is 0 Å². The highest BCUT2D eigenvalue weighted by Crippen LogP contribution is 2.32. The van der Waals surface area contributed by atoms with E-state index in [9.17, 15) is 19.7 Å². The van der Waals surface area contributed by atoms with E-state index in [0.717, 1.165) is 18.9 Å². The van der Waals surface area contributed by atoms with E-state index in [0.29, 0.717) is 19.1 Å². The van der Waals surface area contributed by atoms with Crippen LogP contribution < -0.4 is 10.6 Å². The number of esters is 1. The van der Waals surface area contributed by atoms with Crippen molar-refractivity contribution in [2.24, 2.45) is 5.92 Å². The topological polar surface area (TPSA) is 120 Å². The molecule has 0 saturated heterocycles. The van der Waals surface area contributed by atoms with E-state index in [-0.39, 0.29) is 28.9 Å². The molecule has 1 saturated carbocycles. The molecule has 0 radical (unpaired) electrons. The molecule has 1 amide bonds. The summed E-state index contributed by atoms with van der Waals surface area (Å²) in [5.74, 6) is -0.675. The lowest BCUT2D eigenvalue weighted by molar-refractivity contribution is -0.384. The van der Waals surface area contributed by atoms with Gasteiger partial charge in [0.05, 0.1) is 17.1 Å². The predicted octanol–water partition coefficient (Wildman–Crippen LogP) is 1.72. The minimum atomic E-state index is -0.786. The van der Waals surface area contributed by atoms with Crippen molar-refractivity contribution in [3.63, 3.8) is 0 Å². The lowest BCUT2D eigenvalue weighted by Crippen LogP contribution is -2.37. The monoisotopic (exact) mass is 365 g/mol. The van der Waals surface area contributed by atoms with Crippen molar-refractivity contribution in [1.29, 1.82) is 0 Å². The predicted molar refractivity (Wildman–Crippen MR) is 94.1 cm³/mol. The molecule has 26 heavy (non-hydrogen) atoms. The van der Waals surface area contributed by atoms with Gasteiger partial charge in [-0.1, -0.05) is 0 Å². The Morgan fingerprint density at radius 2 is 2.12 bits per heavy atom. The first-order valence-corrected chi connectivity index (χ1v) is 8.40. The van der Waals surface area contributed by atoms with Crippen molar-refractivity contribution in [1.82, 2.24) is 5.32 Å². The fourth-order valence-corrected chi connectivity index (χ4v) is 2.47. The van der Waals surface area contributed by atoms with Crippen molar-refractivity contribution in [2.75, 3.05) is 32.2 Å². The smallest absolute Gasteiger partial charge is 0.338 e. The van der Waals surface area contributed by atoms with Crippen molar-refractivity contribution in [2.45, 2.75) is 25.8 Å². The second-order valence-electron chi connectivity index (χ2n) is 6.18. The van der Waals surface area contributed by atoms with Gasteiger partial charge in [0.15, 0.2) is 6.61 Å². The number of nitrogens with one attached hydrogen (secondary N) is 2. The summed E-state index contributed by atoms with van der Waals surface area (Å²) in [6, 6.07) is 4.02. The molecule has 0 aromatic heterocycles. The Hall–Kier alpha value is -2.68. The average molecular weight is 365 g/mol. The zero-order valence-corrected chi connectivity index (χ0v) is 14.8. The van der Waals surface area contributed by atoms with Crippen LogP contribution in [0.3, 0.4) is 0 Å². The Bertz CT molecular complexity index is 674. The van der Waals surface area contributed by atoms with Crippen LogP contribution >= 0.6 is 0 Å². The molecule has 1 atom stereocenters. The van der Waals surface area contributed by atoms with Gasteiger partial charge < -0.3 is 20.1 Å². The van der Waals surface area contributed by atoms with Crippen LogP contribution in [0.15, 0.2) is 18.2 Å². The van der Waals surface area contributed by atoms with Gasteiger partial charge in [-0.2, -0.15) is 0 Å². The van der Waals surface area contributed by atoms with Crippen LogP contribution in [-0.2, 0) is 14.3 Å². The molecular formula is C17H23N3O6. The molecule has 9 nitrogen and oxygen atoms in total. The Balaban J connectivity index is 1.93. The number of hydrogen-bond acceptors (Lipinski definition) is 7. The second kappa shape index (κ2) is 9.14. The van der Waals surface area contributed by atoms with Gasteiger partial charge in [-0.15, -0.1) is 0 Å². The largest absolute Gasteiger partial charge is 0.452 e. The molecule has 1 aromatic rings. The van der Waals surface area contributed by atoms with Crippen molar-refractivity contribution in [3.05, 3.63) is 33.9 Å². The molecule has 1 aliphatic carbocycles. The van der Waals surface area contributed by atoms with Gasteiger partial charge in [-0.25, -0.2) is 4.79 Å². The lowest BCUT2D eigenvalue weighted by atomic mass is 10.1. The summed E-state index contributed by atoms with van der Waals surface area (Å²) in [5, 5.41) is 16.8. The minimum absolute atomic E-state index is 0.0111. The maximum absolute atomic E-state index is 12.1. The third kappa shape index (κ3) is 5.69. The number of nitro groups is 1. The highest BCUT2D eigenvalue weighted by molar-refractivity contribution is 5.93. The lowest BCUT2D eigenvalue weighted by Gasteiger charge is -2.13. The Labute approximate surface area is 151 Å². The molecule has 1 aliphatic rings. The SMILES string of the molecule is COCCNc1ccc(C(=O)OCC(=O)N[C@H](C)C2CC2)cc1[N+](=O)[O-]. The van der Waals surface area contributed by atoms with E-state index in [1.54, 1.807) is 0 Å². The first-order valence-electron chi connectivity index (χ1n) is 8.40. The number of nitrogens with zero attached hydrogens (tertiary/aromatic N) is 1. The first-order chi connectivity index (χ1) is 12.4.